The number of anilines is 1. The van der Waals surface area contributed by atoms with E-state index >= 15 is 0 Å². The van der Waals surface area contributed by atoms with Gasteiger partial charge in [-0.1, -0.05) is 11.6 Å². The van der Waals surface area contributed by atoms with Crippen molar-refractivity contribution in [1.82, 2.24) is 9.21 Å². The van der Waals surface area contributed by atoms with Crippen LogP contribution >= 0.6 is 11.6 Å². The van der Waals surface area contributed by atoms with Gasteiger partial charge >= 0.3 is 0 Å². The van der Waals surface area contributed by atoms with E-state index in [0.29, 0.717) is 30.1 Å². The molecule has 4 rings (SSSR count). The Morgan fingerprint density at radius 1 is 1.00 bits per heavy atom. The number of nitrogens with one attached hydrogen (secondary N) is 1. The number of likely N-dealkylation sites (tertiary alicyclic amines) is 1. The van der Waals surface area contributed by atoms with Gasteiger partial charge in [0.05, 0.1) is 4.90 Å². The topological polar surface area (TPSA) is 79.0 Å². The molecular weight excluding hydrogens is 450 g/mol. The first-order valence-electron chi connectivity index (χ1n) is 10.9. The molecule has 32 heavy (non-hydrogen) atoms. The minimum Gasteiger partial charge on any atom is -0.490 e. The molecule has 172 valence electrons. The second-order valence-corrected chi connectivity index (χ2v) is 10.7. The Bertz CT molecular complexity index is 1040. The highest BCUT2D eigenvalue weighted by molar-refractivity contribution is 7.89. The summed E-state index contributed by atoms with van der Waals surface area (Å²) in [5.74, 6) is 0.439. The van der Waals surface area contributed by atoms with Crippen molar-refractivity contribution in [3.05, 3.63) is 53.6 Å². The molecule has 1 N–H and O–H groups in total. The van der Waals surface area contributed by atoms with Gasteiger partial charge in [0, 0.05) is 30.3 Å². The number of hydrogen-bond acceptors (Lipinski definition) is 5. The number of rotatable bonds is 6. The van der Waals surface area contributed by atoms with Crippen LogP contribution in [0.1, 0.15) is 25.7 Å². The molecule has 1 atom stereocenters. The lowest BCUT2D eigenvalue weighted by atomic mass is 10.1. The van der Waals surface area contributed by atoms with E-state index in [1.54, 1.807) is 12.1 Å². The number of sulfonamides is 1. The summed E-state index contributed by atoms with van der Waals surface area (Å²) in [6.45, 7) is 2.36. The summed E-state index contributed by atoms with van der Waals surface area (Å²) in [4.78, 5) is 15.3. The minimum atomic E-state index is -3.78. The highest BCUT2D eigenvalue weighted by atomic mass is 35.5. The van der Waals surface area contributed by atoms with Gasteiger partial charge in [-0.15, -0.1) is 0 Å². The Kier molecular flexibility index (Phi) is 7.05. The number of hydrogen-bond donors (Lipinski definition) is 1. The molecule has 0 spiro atoms. The quantitative estimate of drug-likeness (QED) is 0.687. The highest BCUT2D eigenvalue weighted by Gasteiger charge is 2.39. The van der Waals surface area contributed by atoms with Gasteiger partial charge in [0.15, 0.2) is 0 Å². The second-order valence-electron chi connectivity index (χ2n) is 8.36. The van der Waals surface area contributed by atoms with E-state index in [4.69, 9.17) is 16.3 Å². The lowest BCUT2D eigenvalue weighted by Gasteiger charge is -2.29. The van der Waals surface area contributed by atoms with Gasteiger partial charge in [0.2, 0.25) is 15.9 Å². The maximum absolute atomic E-state index is 13.1. The van der Waals surface area contributed by atoms with Crippen LogP contribution in [0.4, 0.5) is 5.69 Å². The van der Waals surface area contributed by atoms with E-state index in [1.807, 2.05) is 12.1 Å². The largest absolute Gasteiger partial charge is 0.490 e. The van der Waals surface area contributed by atoms with Crippen molar-refractivity contribution >= 4 is 33.2 Å². The summed E-state index contributed by atoms with van der Waals surface area (Å²) in [5, 5.41) is 3.32. The van der Waals surface area contributed by atoms with E-state index < -0.39 is 16.1 Å². The molecule has 1 unspecified atom stereocenters. The molecule has 0 radical (unpaired) electrons. The van der Waals surface area contributed by atoms with Gasteiger partial charge in [-0.05, 0) is 81.3 Å². The summed E-state index contributed by atoms with van der Waals surface area (Å²) >= 11 is 5.88. The van der Waals surface area contributed by atoms with Gasteiger partial charge in [0.25, 0.3) is 0 Å². The number of carbonyl (C=O) groups is 1. The average molecular weight is 478 g/mol. The third-order valence-corrected chi connectivity index (χ3v) is 8.19. The molecule has 7 nitrogen and oxygen atoms in total. The maximum Gasteiger partial charge on any atom is 0.243 e. The van der Waals surface area contributed by atoms with Gasteiger partial charge in [0.1, 0.15) is 17.9 Å². The summed E-state index contributed by atoms with van der Waals surface area (Å²) in [6, 6.07) is 12.5. The number of carbonyl (C=O) groups excluding carboxylic acids is 1. The van der Waals surface area contributed by atoms with Crippen LogP contribution in [0.25, 0.3) is 0 Å². The van der Waals surface area contributed by atoms with Gasteiger partial charge in [-0.3, -0.25) is 4.79 Å². The molecule has 0 aromatic heterocycles. The maximum atomic E-state index is 13.1. The molecule has 2 aromatic carbocycles. The monoisotopic (exact) mass is 477 g/mol. The summed E-state index contributed by atoms with van der Waals surface area (Å²) in [7, 11) is -1.67. The molecule has 0 aliphatic carbocycles. The van der Waals surface area contributed by atoms with Crippen LogP contribution in [-0.2, 0) is 14.8 Å². The Hall–Kier alpha value is -2.13. The van der Waals surface area contributed by atoms with Crippen molar-refractivity contribution < 1.29 is 17.9 Å². The Labute approximate surface area is 194 Å². The SMILES string of the molecule is CN1CCC(Oc2ccc(NC(=O)C3CCCN3S(=O)(=O)c3ccc(Cl)cc3)cc2)CC1. The molecule has 2 fully saturated rings. The molecule has 9 heteroatoms. The fourth-order valence-electron chi connectivity index (χ4n) is 4.17. The highest BCUT2D eigenvalue weighted by Crippen LogP contribution is 2.28. The summed E-state index contributed by atoms with van der Waals surface area (Å²) in [5.41, 5.74) is 0.612. The molecule has 0 bridgehead atoms. The van der Waals surface area contributed by atoms with Crippen LogP contribution in [0.15, 0.2) is 53.4 Å². The van der Waals surface area contributed by atoms with Gasteiger partial charge < -0.3 is 15.0 Å². The first-order chi connectivity index (χ1) is 15.3. The average Bonchev–Trinajstić information content (AvgIpc) is 3.28. The molecule has 1 amide bonds. The number of benzene rings is 2. The van der Waals surface area contributed by atoms with E-state index in [2.05, 4.69) is 17.3 Å². The van der Waals surface area contributed by atoms with E-state index in [0.717, 1.165) is 31.7 Å². The number of ether oxygens (including phenoxy) is 1. The fraction of sp³-hybridized carbons (Fsp3) is 0.435. The van der Waals surface area contributed by atoms with Crippen molar-refractivity contribution in [3.8, 4) is 5.75 Å². The van der Waals surface area contributed by atoms with Crippen LogP contribution in [0.5, 0.6) is 5.75 Å². The normalized spacial score (nSPS) is 20.9. The molecule has 2 saturated heterocycles. The molecule has 2 heterocycles. The number of amides is 1. The second kappa shape index (κ2) is 9.79. The summed E-state index contributed by atoms with van der Waals surface area (Å²) in [6.07, 6.45) is 3.31. The zero-order valence-electron chi connectivity index (χ0n) is 18.0. The van der Waals surface area contributed by atoms with E-state index in [1.165, 1.54) is 28.6 Å². The predicted octanol–water partition coefficient (Wildman–Crippen LogP) is 3.60. The van der Waals surface area contributed by atoms with E-state index in [9.17, 15) is 13.2 Å². The number of halogens is 1. The van der Waals surface area contributed by atoms with Crippen molar-refractivity contribution in [2.45, 2.75) is 42.7 Å². The van der Waals surface area contributed by atoms with Gasteiger partial charge in [-0.25, -0.2) is 8.42 Å². The first kappa shape index (κ1) is 23.0. The number of nitrogens with zero attached hydrogens (tertiary/aromatic N) is 2. The molecular formula is C23H28ClN3O4S. The van der Waals surface area contributed by atoms with Crippen molar-refractivity contribution in [3.63, 3.8) is 0 Å². The molecule has 0 saturated carbocycles. The van der Waals surface area contributed by atoms with Crippen molar-refractivity contribution in [2.24, 2.45) is 0 Å². The first-order valence-corrected chi connectivity index (χ1v) is 12.7. The fourth-order valence-corrected chi connectivity index (χ4v) is 5.95. The van der Waals surface area contributed by atoms with Crippen LogP contribution in [0.2, 0.25) is 5.02 Å². The third kappa shape index (κ3) is 5.26. The minimum absolute atomic E-state index is 0.136. The predicted molar refractivity (Wildman–Crippen MR) is 125 cm³/mol. The molecule has 2 aliphatic heterocycles. The molecule has 2 aromatic rings. The lowest BCUT2D eigenvalue weighted by Crippen LogP contribution is -2.43. The van der Waals surface area contributed by atoms with Crippen LogP contribution < -0.4 is 10.1 Å². The summed E-state index contributed by atoms with van der Waals surface area (Å²) < 4.78 is 33.4. The Morgan fingerprint density at radius 2 is 1.66 bits per heavy atom. The van der Waals surface area contributed by atoms with E-state index in [-0.39, 0.29) is 16.9 Å². The van der Waals surface area contributed by atoms with Crippen LogP contribution in [0.3, 0.4) is 0 Å². The zero-order chi connectivity index (χ0) is 22.7. The zero-order valence-corrected chi connectivity index (χ0v) is 19.6. The van der Waals surface area contributed by atoms with Crippen molar-refractivity contribution in [1.29, 1.82) is 0 Å². The number of piperidine rings is 1. The Morgan fingerprint density at radius 3 is 2.31 bits per heavy atom. The lowest BCUT2D eigenvalue weighted by molar-refractivity contribution is -0.119. The molecule has 2 aliphatic rings. The van der Waals surface area contributed by atoms with Gasteiger partial charge in [-0.2, -0.15) is 4.31 Å². The van der Waals surface area contributed by atoms with Crippen molar-refractivity contribution in [2.75, 3.05) is 32.0 Å². The smallest absolute Gasteiger partial charge is 0.243 e. The standard InChI is InChI=1S/C23H28ClN3O4S/c1-26-15-12-20(13-16-26)31-19-8-6-18(7-9-19)25-23(28)22-3-2-14-27(22)32(29,30)21-10-4-17(24)5-11-21/h4-11,20,22H,2-3,12-16H2,1H3,(H,25,28). The van der Waals surface area contributed by atoms with Crippen LogP contribution in [-0.4, -0.2) is 62.4 Å². The van der Waals surface area contributed by atoms with Crippen LogP contribution in [0, 0.1) is 0 Å². The third-order valence-electron chi connectivity index (χ3n) is 6.02. The Balaban J connectivity index is 1.39.